The molecule has 1 amide bonds. The Morgan fingerprint density at radius 2 is 2.11 bits per heavy atom. The first-order valence-corrected chi connectivity index (χ1v) is 5.33. The highest BCUT2D eigenvalue weighted by molar-refractivity contribution is 5.79. The molecule has 1 aromatic heterocycles. The van der Waals surface area contributed by atoms with E-state index < -0.39 is 40.4 Å². The van der Waals surface area contributed by atoms with Crippen LogP contribution in [0.4, 0.5) is 5.69 Å². The molecular formula is C9H13N5O5. The van der Waals surface area contributed by atoms with Gasteiger partial charge in [0.1, 0.15) is 6.04 Å². The molecule has 10 heteroatoms. The van der Waals surface area contributed by atoms with Gasteiger partial charge in [0.15, 0.2) is 0 Å². The van der Waals surface area contributed by atoms with Crippen molar-refractivity contribution >= 4 is 11.6 Å². The molecule has 0 radical (unpaired) electrons. The molecule has 0 saturated carbocycles. The first-order chi connectivity index (χ1) is 8.79. The minimum absolute atomic E-state index is 0.131. The van der Waals surface area contributed by atoms with Gasteiger partial charge in [-0.05, 0) is 6.92 Å². The fourth-order valence-corrected chi connectivity index (χ4v) is 1.44. The van der Waals surface area contributed by atoms with E-state index in [4.69, 9.17) is 11.5 Å². The summed E-state index contributed by atoms with van der Waals surface area (Å²) >= 11 is 0. The lowest BCUT2D eigenvalue weighted by molar-refractivity contribution is -0.387. The lowest BCUT2D eigenvalue weighted by Crippen LogP contribution is -2.48. The summed E-state index contributed by atoms with van der Waals surface area (Å²) in [5, 5.41) is 10.7. The number of carbonyl (C=O) groups is 1. The minimum atomic E-state index is -1.28. The summed E-state index contributed by atoms with van der Waals surface area (Å²) in [5.74, 6) is -0.916. The molecule has 0 aliphatic rings. The zero-order valence-corrected chi connectivity index (χ0v) is 10.1. The van der Waals surface area contributed by atoms with Crippen LogP contribution in [-0.2, 0) is 17.9 Å². The van der Waals surface area contributed by atoms with Crippen molar-refractivity contribution in [3.05, 3.63) is 37.1 Å². The molecule has 1 rings (SSSR count). The summed E-state index contributed by atoms with van der Waals surface area (Å²) in [7, 11) is 0. The largest absolute Gasteiger partial charge is 0.368 e. The van der Waals surface area contributed by atoms with Crippen molar-refractivity contribution in [3.63, 3.8) is 0 Å². The van der Waals surface area contributed by atoms with Gasteiger partial charge in [-0.3, -0.25) is 28.8 Å². The third kappa shape index (κ3) is 2.85. The smallest absolute Gasteiger partial charge is 0.350 e. The van der Waals surface area contributed by atoms with Crippen molar-refractivity contribution < 1.29 is 9.72 Å². The number of primary amides is 1. The van der Waals surface area contributed by atoms with Gasteiger partial charge in [0.05, 0.1) is 17.7 Å². The van der Waals surface area contributed by atoms with Gasteiger partial charge < -0.3 is 11.5 Å². The topological polar surface area (TPSA) is 156 Å². The van der Waals surface area contributed by atoms with E-state index in [1.165, 1.54) is 0 Å². The Hall–Kier alpha value is -2.49. The first kappa shape index (κ1) is 14.6. The van der Waals surface area contributed by atoms with Crippen LogP contribution in [0, 0.1) is 10.1 Å². The summed E-state index contributed by atoms with van der Waals surface area (Å²) in [6.45, 7) is 1.20. The molecule has 10 nitrogen and oxygen atoms in total. The van der Waals surface area contributed by atoms with Crippen molar-refractivity contribution in [1.29, 1.82) is 0 Å². The number of hydrogen-bond donors (Lipinski definition) is 2. The van der Waals surface area contributed by atoms with E-state index in [1.807, 2.05) is 0 Å². The van der Waals surface area contributed by atoms with Gasteiger partial charge in [-0.2, -0.15) is 0 Å². The van der Waals surface area contributed by atoms with Crippen molar-refractivity contribution in [1.82, 2.24) is 9.13 Å². The standard InChI is InChI=1S/C9H13N5O5/c1-2-12-4-6(14(18)19)8(16)13(9(12)17)3-5(10)7(11)15/h4-5H,2-3,10H2,1H3,(H2,11,15). The van der Waals surface area contributed by atoms with E-state index in [-0.39, 0.29) is 6.54 Å². The molecule has 0 fully saturated rings. The number of rotatable bonds is 5. The molecule has 0 bridgehead atoms. The fraction of sp³-hybridized carbons (Fsp3) is 0.444. The van der Waals surface area contributed by atoms with E-state index in [1.54, 1.807) is 6.92 Å². The van der Waals surface area contributed by atoms with Gasteiger partial charge in [0.25, 0.3) is 0 Å². The molecule has 1 atom stereocenters. The van der Waals surface area contributed by atoms with Crippen LogP contribution in [0.25, 0.3) is 0 Å². The molecule has 104 valence electrons. The third-order valence-corrected chi connectivity index (χ3v) is 2.50. The number of aryl methyl sites for hydroxylation is 1. The van der Waals surface area contributed by atoms with Crippen LogP contribution in [0.2, 0.25) is 0 Å². The Labute approximate surface area is 106 Å². The number of nitrogens with zero attached hydrogens (tertiary/aromatic N) is 3. The van der Waals surface area contributed by atoms with Gasteiger partial charge in [-0.1, -0.05) is 0 Å². The van der Waals surface area contributed by atoms with Gasteiger partial charge in [-0.15, -0.1) is 0 Å². The zero-order chi connectivity index (χ0) is 14.7. The average Bonchev–Trinajstić information content (AvgIpc) is 2.33. The maximum absolute atomic E-state index is 11.8. The number of nitrogens with two attached hydrogens (primary N) is 2. The number of amides is 1. The number of aromatic nitrogens is 2. The molecule has 0 saturated heterocycles. The maximum Gasteiger partial charge on any atom is 0.350 e. The maximum atomic E-state index is 11.8. The Kier molecular flexibility index (Phi) is 4.17. The average molecular weight is 271 g/mol. The normalized spacial score (nSPS) is 12.1. The molecule has 1 unspecified atom stereocenters. The van der Waals surface area contributed by atoms with Gasteiger partial charge in [0, 0.05) is 6.54 Å². The van der Waals surface area contributed by atoms with Crippen molar-refractivity contribution in [3.8, 4) is 0 Å². The van der Waals surface area contributed by atoms with Crippen LogP contribution in [0.1, 0.15) is 6.92 Å². The van der Waals surface area contributed by atoms with Crippen LogP contribution in [-0.4, -0.2) is 26.0 Å². The zero-order valence-electron chi connectivity index (χ0n) is 10.1. The van der Waals surface area contributed by atoms with Crippen molar-refractivity contribution in [2.75, 3.05) is 0 Å². The highest BCUT2D eigenvalue weighted by Gasteiger charge is 2.21. The Bertz CT molecular complexity index is 631. The van der Waals surface area contributed by atoms with Crippen LogP contribution >= 0.6 is 0 Å². The predicted octanol–water partition coefficient (Wildman–Crippen LogP) is -2.25. The third-order valence-electron chi connectivity index (χ3n) is 2.50. The first-order valence-electron chi connectivity index (χ1n) is 5.33. The molecule has 4 N–H and O–H groups in total. The second-order valence-corrected chi connectivity index (χ2v) is 3.76. The summed E-state index contributed by atoms with van der Waals surface area (Å²) < 4.78 is 1.52. The molecule has 0 aliphatic heterocycles. The van der Waals surface area contributed by atoms with Crippen LogP contribution in [0.3, 0.4) is 0 Å². The molecule has 0 aliphatic carbocycles. The predicted molar refractivity (Wildman–Crippen MR) is 64.5 cm³/mol. The van der Waals surface area contributed by atoms with E-state index in [9.17, 15) is 24.5 Å². The number of carbonyl (C=O) groups excluding carboxylic acids is 1. The summed E-state index contributed by atoms with van der Waals surface area (Å²) in [6.07, 6.45) is 0.858. The quantitative estimate of drug-likeness (QED) is 0.455. The Morgan fingerprint density at radius 1 is 1.53 bits per heavy atom. The van der Waals surface area contributed by atoms with Gasteiger partial charge in [0.2, 0.25) is 5.91 Å². The lowest BCUT2D eigenvalue weighted by Gasteiger charge is -2.11. The van der Waals surface area contributed by atoms with Gasteiger partial charge >= 0.3 is 16.9 Å². The van der Waals surface area contributed by atoms with Crippen LogP contribution in [0.5, 0.6) is 0 Å². The van der Waals surface area contributed by atoms with E-state index in [2.05, 4.69) is 0 Å². The molecular weight excluding hydrogens is 258 g/mol. The molecule has 0 aromatic carbocycles. The second-order valence-electron chi connectivity index (χ2n) is 3.76. The Balaban J connectivity index is 3.49. The molecule has 19 heavy (non-hydrogen) atoms. The molecule has 1 aromatic rings. The SMILES string of the molecule is CCn1cc([N+](=O)[O-])c(=O)n(CC(N)C(N)=O)c1=O. The van der Waals surface area contributed by atoms with Crippen molar-refractivity contribution in [2.45, 2.75) is 26.1 Å². The van der Waals surface area contributed by atoms with Crippen LogP contribution in [0.15, 0.2) is 15.8 Å². The monoisotopic (exact) mass is 271 g/mol. The fourth-order valence-electron chi connectivity index (χ4n) is 1.44. The van der Waals surface area contributed by atoms with E-state index >= 15 is 0 Å². The molecule has 0 spiro atoms. The number of nitro groups is 1. The summed E-state index contributed by atoms with van der Waals surface area (Å²) in [6, 6.07) is -1.28. The second kappa shape index (κ2) is 5.44. The lowest BCUT2D eigenvalue weighted by atomic mass is 10.3. The highest BCUT2D eigenvalue weighted by atomic mass is 16.6. The number of hydrogen-bond acceptors (Lipinski definition) is 6. The Morgan fingerprint density at radius 3 is 2.53 bits per heavy atom. The summed E-state index contributed by atoms with van der Waals surface area (Å²) in [5.41, 5.74) is 7.62. The van der Waals surface area contributed by atoms with Gasteiger partial charge in [-0.25, -0.2) is 4.79 Å². The highest BCUT2D eigenvalue weighted by Crippen LogP contribution is 2.00. The minimum Gasteiger partial charge on any atom is -0.368 e. The van der Waals surface area contributed by atoms with E-state index in [0.717, 1.165) is 10.8 Å². The molecule has 1 heterocycles. The van der Waals surface area contributed by atoms with E-state index in [0.29, 0.717) is 4.57 Å². The van der Waals surface area contributed by atoms with Crippen molar-refractivity contribution in [2.24, 2.45) is 11.5 Å². The summed E-state index contributed by atoms with van der Waals surface area (Å²) in [4.78, 5) is 44.3. The van der Waals surface area contributed by atoms with Crippen LogP contribution < -0.4 is 22.7 Å².